The van der Waals surface area contributed by atoms with E-state index in [-0.39, 0.29) is 12.1 Å². The van der Waals surface area contributed by atoms with Crippen LogP contribution in [0.25, 0.3) is 0 Å². The molecule has 0 radical (unpaired) electrons. The fourth-order valence-electron chi connectivity index (χ4n) is 2.32. The van der Waals surface area contributed by atoms with E-state index in [1.807, 2.05) is 54.6 Å². The minimum atomic E-state index is -0.0918. The molecule has 0 aliphatic carbocycles. The van der Waals surface area contributed by atoms with Crippen LogP contribution in [0.15, 0.2) is 54.6 Å². The van der Waals surface area contributed by atoms with Crippen LogP contribution >= 0.6 is 11.6 Å². The monoisotopic (exact) mass is 254 g/mol. The SMILES string of the molecule is N#C[C@H]1[C@@H](c2cccc(Cl)c2)N1c1ccccc1. The van der Waals surface area contributed by atoms with Gasteiger partial charge in [-0.25, -0.2) is 0 Å². The molecule has 3 rings (SSSR count). The Hall–Kier alpha value is -1.98. The van der Waals surface area contributed by atoms with Gasteiger partial charge in [0.15, 0.2) is 0 Å². The largest absolute Gasteiger partial charge is 0.343 e. The van der Waals surface area contributed by atoms with Crippen LogP contribution in [-0.4, -0.2) is 6.04 Å². The summed E-state index contributed by atoms with van der Waals surface area (Å²) < 4.78 is 0. The molecule has 0 bridgehead atoms. The second kappa shape index (κ2) is 4.36. The summed E-state index contributed by atoms with van der Waals surface area (Å²) in [6, 6.07) is 20.1. The van der Waals surface area contributed by atoms with Crippen LogP contribution in [0.2, 0.25) is 5.02 Å². The summed E-state index contributed by atoms with van der Waals surface area (Å²) in [6.45, 7) is 0. The molecular weight excluding hydrogens is 244 g/mol. The zero-order valence-electron chi connectivity index (χ0n) is 9.62. The lowest BCUT2D eigenvalue weighted by Crippen LogP contribution is -1.96. The molecule has 0 N–H and O–H groups in total. The van der Waals surface area contributed by atoms with Crippen molar-refractivity contribution in [1.82, 2.24) is 0 Å². The van der Waals surface area contributed by atoms with Gasteiger partial charge in [0, 0.05) is 10.7 Å². The number of hydrogen-bond donors (Lipinski definition) is 0. The van der Waals surface area contributed by atoms with Crippen molar-refractivity contribution in [2.75, 3.05) is 4.90 Å². The van der Waals surface area contributed by atoms with Gasteiger partial charge in [0.2, 0.25) is 0 Å². The maximum Gasteiger partial charge on any atom is 0.142 e. The molecule has 18 heavy (non-hydrogen) atoms. The van der Waals surface area contributed by atoms with Crippen molar-refractivity contribution >= 4 is 17.3 Å². The lowest BCUT2D eigenvalue weighted by Gasteiger charge is -2.05. The van der Waals surface area contributed by atoms with Crippen molar-refractivity contribution in [1.29, 1.82) is 5.26 Å². The minimum absolute atomic E-state index is 0.0918. The van der Waals surface area contributed by atoms with E-state index < -0.39 is 0 Å². The number of nitriles is 1. The summed E-state index contributed by atoms with van der Waals surface area (Å²) in [5.41, 5.74) is 2.17. The summed E-state index contributed by atoms with van der Waals surface area (Å²) in [5.74, 6) is 0. The molecule has 2 aromatic carbocycles. The lowest BCUT2D eigenvalue weighted by atomic mass is 10.1. The average molecular weight is 255 g/mol. The topological polar surface area (TPSA) is 26.8 Å². The molecular formula is C15H11ClN2. The van der Waals surface area contributed by atoms with Gasteiger partial charge < -0.3 is 4.90 Å². The van der Waals surface area contributed by atoms with E-state index in [1.165, 1.54) is 0 Å². The number of benzene rings is 2. The van der Waals surface area contributed by atoms with Crippen molar-refractivity contribution in [3.05, 3.63) is 65.2 Å². The van der Waals surface area contributed by atoms with E-state index in [2.05, 4.69) is 11.0 Å². The van der Waals surface area contributed by atoms with Crippen molar-refractivity contribution in [3.63, 3.8) is 0 Å². The van der Waals surface area contributed by atoms with Gasteiger partial charge in [-0.2, -0.15) is 5.26 Å². The van der Waals surface area contributed by atoms with Gasteiger partial charge in [-0.15, -0.1) is 0 Å². The molecule has 0 amide bonds. The van der Waals surface area contributed by atoms with Crippen LogP contribution < -0.4 is 4.90 Å². The predicted octanol–water partition coefficient (Wildman–Crippen LogP) is 3.79. The maximum atomic E-state index is 9.21. The Morgan fingerprint density at radius 2 is 1.83 bits per heavy atom. The van der Waals surface area contributed by atoms with Crippen molar-refractivity contribution in [3.8, 4) is 6.07 Å². The summed E-state index contributed by atoms with van der Waals surface area (Å²) in [4.78, 5) is 2.10. The fraction of sp³-hybridized carbons (Fsp3) is 0.133. The van der Waals surface area contributed by atoms with Crippen LogP contribution in [-0.2, 0) is 0 Å². The Labute approximate surface area is 111 Å². The Morgan fingerprint density at radius 1 is 1.06 bits per heavy atom. The number of nitrogens with zero attached hydrogens (tertiary/aromatic N) is 2. The lowest BCUT2D eigenvalue weighted by molar-refractivity contribution is 1.10. The van der Waals surface area contributed by atoms with Crippen LogP contribution in [0.4, 0.5) is 5.69 Å². The van der Waals surface area contributed by atoms with Crippen molar-refractivity contribution in [2.24, 2.45) is 0 Å². The normalized spacial score (nSPS) is 21.4. The standard InChI is InChI=1S/C15H11ClN2/c16-12-6-4-5-11(9-12)15-14(10-17)18(15)13-7-2-1-3-8-13/h1-9,14-15H/t14-,15+,18?/m0/s1. The molecule has 1 heterocycles. The number of para-hydroxylation sites is 1. The third-order valence-corrected chi connectivity index (χ3v) is 3.42. The van der Waals surface area contributed by atoms with Crippen LogP contribution in [0.5, 0.6) is 0 Å². The number of hydrogen-bond acceptors (Lipinski definition) is 2. The molecule has 2 aromatic rings. The van der Waals surface area contributed by atoms with Gasteiger partial charge in [-0.1, -0.05) is 41.9 Å². The van der Waals surface area contributed by atoms with Gasteiger partial charge in [-0.3, -0.25) is 0 Å². The van der Waals surface area contributed by atoms with E-state index in [4.69, 9.17) is 11.6 Å². The van der Waals surface area contributed by atoms with E-state index in [1.54, 1.807) is 0 Å². The van der Waals surface area contributed by atoms with Crippen molar-refractivity contribution < 1.29 is 0 Å². The third kappa shape index (κ3) is 1.83. The molecule has 0 saturated carbocycles. The predicted molar refractivity (Wildman–Crippen MR) is 72.5 cm³/mol. The van der Waals surface area contributed by atoms with Gasteiger partial charge in [0.05, 0.1) is 12.1 Å². The first kappa shape index (κ1) is 11.1. The molecule has 0 aromatic heterocycles. The molecule has 2 nitrogen and oxygen atoms in total. The number of halogens is 1. The smallest absolute Gasteiger partial charge is 0.142 e. The first-order chi connectivity index (χ1) is 8.81. The summed E-state index contributed by atoms with van der Waals surface area (Å²) in [7, 11) is 0. The zero-order chi connectivity index (χ0) is 12.5. The van der Waals surface area contributed by atoms with Crippen molar-refractivity contribution in [2.45, 2.75) is 12.1 Å². The Bertz CT molecular complexity index is 603. The molecule has 1 aliphatic heterocycles. The Balaban J connectivity index is 1.93. The van der Waals surface area contributed by atoms with E-state index in [9.17, 15) is 5.26 Å². The highest BCUT2D eigenvalue weighted by Crippen LogP contribution is 2.46. The summed E-state index contributed by atoms with van der Waals surface area (Å²) in [5, 5.41) is 9.93. The van der Waals surface area contributed by atoms with E-state index >= 15 is 0 Å². The van der Waals surface area contributed by atoms with Gasteiger partial charge in [0.25, 0.3) is 0 Å². The van der Waals surface area contributed by atoms with Gasteiger partial charge >= 0.3 is 0 Å². The van der Waals surface area contributed by atoms with Crippen LogP contribution in [0.1, 0.15) is 11.6 Å². The number of anilines is 1. The zero-order valence-corrected chi connectivity index (χ0v) is 10.4. The second-order valence-corrected chi connectivity index (χ2v) is 4.75. The van der Waals surface area contributed by atoms with Crippen LogP contribution in [0.3, 0.4) is 0 Å². The molecule has 1 aliphatic rings. The van der Waals surface area contributed by atoms with Gasteiger partial charge in [0.1, 0.15) is 6.04 Å². The highest BCUT2D eigenvalue weighted by molar-refractivity contribution is 6.30. The average Bonchev–Trinajstić information content (AvgIpc) is 3.14. The van der Waals surface area contributed by atoms with E-state index in [0.29, 0.717) is 5.02 Å². The van der Waals surface area contributed by atoms with E-state index in [0.717, 1.165) is 11.3 Å². The molecule has 2 atom stereocenters. The summed E-state index contributed by atoms with van der Waals surface area (Å²) in [6.07, 6.45) is 0. The Morgan fingerprint density at radius 3 is 2.50 bits per heavy atom. The fourth-order valence-corrected chi connectivity index (χ4v) is 2.52. The molecule has 0 spiro atoms. The molecule has 88 valence electrons. The van der Waals surface area contributed by atoms with Crippen LogP contribution in [0, 0.1) is 11.3 Å². The second-order valence-electron chi connectivity index (χ2n) is 4.32. The number of rotatable bonds is 2. The quantitative estimate of drug-likeness (QED) is 0.763. The maximum absolute atomic E-state index is 9.21. The molecule has 3 heteroatoms. The summed E-state index contributed by atoms with van der Waals surface area (Å²) >= 11 is 6.00. The minimum Gasteiger partial charge on any atom is -0.343 e. The molecule has 1 fully saturated rings. The third-order valence-electron chi connectivity index (χ3n) is 3.19. The molecule has 0 unspecified atom stereocenters. The molecule has 1 saturated heterocycles. The first-order valence-electron chi connectivity index (χ1n) is 5.80. The Kier molecular flexibility index (Phi) is 2.70. The highest BCUT2D eigenvalue weighted by Gasteiger charge is 2.49. The van der Waals surface area contributed by atoms with Gasteiger partial charge in [-0.05, 0) is 29.8 Å². The first-order valence-corrected chi connectivity index (χ1v) is 6.17. The highest BCUT2D eigenvalue weighted by atomic mass is 35.5.